The number of amides is 2. The number of aliphatic hydroxyl groups is 1. The number of fused-ring (bicyclic) bond motifs is 2. The number of carbonyl (C=O) groups is 3. The first-order valence-electron chi connectivity index (χ1n) is 13.6. The first kappa shape index (κ1) is 27.0. The summed E-state index contributed by atoms with van der Waals surface area (Å²) in [4.78, 5) is 46.1. The van der Waals surface area contributed by atoms with E-state index in [9.17, 15) is 19.5 Å². The van der Waals surface area contributed by atoms with Gasteiger partial charge in [-0.2, -0.15) is 0 Å². The van der Waals surface area contributed by atoms with Crippen molar-refractivity contribution >= 4 is 35.2 Å². The van der Waals surface area contributed by atoms with Gasteiger partial charge in [-0.05, 0) is 50.3 Å². The van der Waals surface area contributed by atoms with Gasteiger partial charge in [-0.25, -0.2) is 0 Å². The van der Waals surface area contributed by atoms with Crippen molar-refractivity contribution in [3.63, 3.8) is 0 Å². The summed E-state index contributed by atoms with van der Waals surface area (Å²) in [5, 5.41) is 10.5. The molecule has 1 aromatic rings. The molecule has 0 bridgehead atoms. The predicted molar refractivity (Wildman–Crippen MR) is 149 cm³/mol. The summed E-state index contributed by atoms with van der Waals surface area (Å²) >= 11 is 1.54. The second-order valence-corrected chi connectivity index (χ2v) is 13.2. The van der Waals surface area contributed by atoms with Crippen LogP contribution in [-0.2, 0) is 19.1 Å². The van der Waals surface area contributed by atoms with Crippen molar-refractivity contribution in [2.24, 2.45) is 17.8 Å². The minimum atomic E-state index is -0.964. The molecule has 1 spiro atoms. The Bertz CT molecular complexity index is 1210. The Kier molecular flexibility index (Phi) is 7.01. The number of esters is 1. The van der Waals surface area contributed by atoms with E-state index in [2.05, 4.69) is 0 Å². The Morgan fingerprint density at radius 2 is 1.89 bits per heavy atom. The number of carbonyl (C=O) groups excluding carboxylic acids is 3. The zero-order valence-corrected chi connectivity index (χ0v) is 23.7. The van der Waals surface area contributed by atoms with Crippen molar-refractivity contribution in [1.29, 1.82) is 0 Å². The molecule has 4 aliphatic rings. The van der Waals surface area contributed by atoms with Gasteiger partial charge in [0.1, 0.15) is 6.04 Å². The van der Waals surface area contributed by atoms with Gasteiger partial charge in [0.05, 0.1) is 35.8 Å². The van der Waals surface area contributed by atoms with Crippen LogP contribution in [0.25, 0.3) is 0 Å². The Balaban J connectivity index is 1.71. The van der Waals surface area contributed by atoms with Gasteiger partial charge in [-0.15, -0.1) is 11.8 Å². The van der Waals surface area contributed by atoms with Crippen LogP contribution in [0.3, 0.4) is 0 Å². The fourth-order valence-corrected chi connectivity index (χ4v) is 8.96. The van der Waals surface area contributed by atoms with E-state index in [1.54, 1.807) is 9.80 Å². The predicted octanol–water partition coefficient (Wildman–Crippen LogP) is 3.80. The molecule has 0 aliphatic carbocycles. The number of rotatable bonds is 5. The highest BCUT2D eigenvalue weighted by Crippen LogP contribution is 2.65. The van der Waals surface area contributed by atoms with E-state index in [1.165, 1.54) is 11.8 Å². The van der Waals surface area contributed by atoms with Crippen LogP contribution >= 0.6 is 11.8 Å². The standard InChI is InChI=1S/C30H38N2O5S/c1-6-19(3)22(17-33)32-25-27(35)31(21-16-18(2)10-11-20(21)4)14-9-13-30(25)23(26(32)34)24-28(36)37-15-8-7-12-29(24,5)38-30/h7,9-13,16,19,22-25,33H,6,8,14-15,17H2,1-5H3/t19-,22-,23-,24+,25?,29-,30-/m0/s1. The molecule has 204 valence electrons. The number of cyclic esters (lactones) is 1. The van der Waals surface area contributed by atoms with Gasteiger partial charge in [0.15, 0.2) is 0 Å². The van der Waals surface area contributed by atoms with Crippen LogP contribution in [0, 0.1) is 31.6 Å². The SMILES string of the molecule is CC[C@H](C)[C@H](CO)N1C(=O)[C@@H]2[C@@H]3C(=O)OCCC=C[C@]3(C)S[C@@]23C=CCN(c2cc(C)ccc2C)C(=O)C13. The molecule has 5 rings (SSSR count). The van der Waals surface area contributed by atoms with Gasteiger partial charge in [0, 0.05) is 17.0 Å². The minimum Gasteiger partial charge on any atom is -0.465 e. The van der Waals surface area contributed by atoms with Crippen LogP contribution in [0.5, 0.6) is 0 Å². The number of thioether (sulfide) groups is 1. The highest BCUT2D eigenvalue weighted by molar-refractivity contribution is 8.02. The molecule has 8 heteroatoms. The van der Waals surface area contributed by atoms with E-state index < -0.39 is 33.4 Å². The lowest BCUT2D eigenvalue weighted by Gasteiger charge is -2.41. The van der Waals surface area contributed by atoms with E-state index in [0.717, 1.165) is 23.2 Å². The summed E-state index contributed by atoms with van der Waals surface area (Å²) in [7, 11) is 0. The van der Waals surface area contributed by atoms with Crippen molar-refractivity contribution in [1.82, 2.24) is 4.90 Å². The number of anilines is 1. The normalized spacial score (nSPS) is 34.2. The zero-order chi connectivity index (χ0) is 27.4. The fraction of sp³-hybridized carbons (Fsp3) is 0.567. The molecule has 4 heterocycles. The van der Waals surface area contributed by atoms with Crippen molar-refractivity contribution in [2.45, 2.75) is 69.0 Å². The van der Waals surface area contributed by atoms with Crippen LogP contribution in [0.2, 0.25) is 0 Å². The van der Waals surface area contributed by atoms with Gasteiger partial charge in [0.25, 0.3) is 5.91 Å². The molecule has 1 unspecified atom stereocenters. The van der Waals surface area contributed by atoms with Gasteiger partial charge >= 0.3 is 5.97 Å². The summed E-state index contributed by atoms with van der Waals surface area (Å²) in [6, 6.07) is 4.63. The molecule has 7 nitrogen and oxygen atoms in total. The number of hydrogen-bond donors (Lipinski definition) is 1. The molecule has 2 fully saturated rings. The number of hydrogen-bond acceptors (Lipinski definition) is 6. The quantitative estimate of drug-likeness (QED) is 0.453. The van der Waals surface area contributed by atoms with Crippen molar-refractivity contribution in [3.8, 4) is 0 Å². The number of likely N-dealkylation sites (tertiary alicyclic amines) is 1. The monoisotopic (exact) mass is 538 g/mol. The molecule has 1 aromatic carbocycles. The number of aryl methyl sites for hydroxylation is 2. The third kappa shape index (κ3) is 3.94. The lowest BCUT2D eigenvalue weighted by atomic mass is 9.74. The van der Waals surface area contributed by atoms with Crippen molar-refractivity contribution in [2.75, 3.05) is 24.7 Å². The molecule has 2 saturated heterocycles. The van der Waals surface area contributed by atoms with Crippen molar-refractivity contribution in [3.05, 3.63) is 53.6 Å². The second-order valence-electron chi connectivity index (χ2n) is 11.4. The van der Waals surface area contributed by atoms with Gasteiger partial charge in [-0.3, -0.25) is 14.4 Å². The third-order valence-electron chi connectivity index (χ3n) is 8.96. The fourth-order valence-electron chi connectivity index (χ4n) is 6.83. The smallest absolute Gasteiger partial charge is 0.311 e. The first-order chi connectivity index (χ1) is 18.1. The number of aliphatic hydroxyl groups excluding tert-OH is 1. The van der Waals surface area contributed by atoms with Crippen LogP contribution in [0.15, 0.2) is 42.5 Å². The topological polar surface area (TPSA) is 87.2 Å². The second kappa shape index (κ2) is 9.87. The molecule has 0 aromatic heterocycles. The number of benzene rings is 1. The molecule has 38 heavy (non-hydrogen) atoms. The summed E-state index contributed by atoms with van der Waals surface area (Å²) in [6.07, 6.45) is 9.40. The molecular weight excluding hydrogens is 500 g/mol. The van der Waals surface area contributed by atoms with Crippen LogP contribution in [0.1, 0.15) is 44.7 Å². The van der Waals surface area contributed by atoms with Gasteiger partial charge in [-0.1, -0.05) is 56.7 Å². The average molecular weight is 539 g/mol. The summed E-state index contributed by atoms with van der Waals surface area (Å²) in [5.74, 6) is -2.35. The molecule has 0 saturated carbocycles. The maximum absolute atomic E-state index is 14.7. The Hall–Kier alpha value is -2.58. The Morgan fingerprint density at radius 3 is 2.61 bits per heavy atom. The van der Waals surface area contributed by atoms with E-state index in [-0.39, 0.29) is 36.9 Å². The molecular formula is C30H38N2O5S. The maximum Gasteiger partial charge on any atom is 0.311 e. The van der Waals surface area contributed by atoms with E-state index >= 15 is 0 Å². The van der Waals surface area contributed by atoms with E-state index in [0.29, 0.717) is 13.0 Å². The largest absolute Gasteiger partial charge is 0.465 e. The highest BCUT2D eigenvalue weighted by atomic mass is 32.2. The van der Waals surface area contributed by atoms with Gasteiger partial charge < -0.3 is 19.6 Å². The Labute approximate surface area is 229 Å². The molecule has 2 amide bonds. The van der Waals surface area contributed by atoms with Gasteiger partial charge in [0.2, 0.25) is 5.91 Å². The van der Waals surface area contributed by atoms with E-state index in [4.69, 9.17) is 4.74 Å². The summed E-state index contributed by atoms with van der Waals surface area (Å²) < 4.78 is 3.95. The lowest BCUT2D eigenvalue weighted by molar-refractivity contribution is -0.155. The van der Waals surface area contributed by atoms with E-state index in [1.807, 2.05) is 77.1 Å². The average Bonchev–Trinajstić information content (AvgIpc) is 3.20. The molecule has 0 radical (unpaired) electrons. The maximum atomic E-state index is 14.7. The number of nitrogens with zero attached hydrogens (tertiary/aromatic N) is 2. The third-order valence-corrected chi connectivity index (χ3v) is 10.8. The first-order valence-corrected chi connectivity index (χ1v) is 14.4. The highest BCUT2D eigenvalue weighted by Gasteiger charge is 2.74. The van der Waals surface area contributed by atoms with Crippen LogP contribution in [-0.4, -0.2) is 69.1 Å². The molecule has 4 aliphatic heterocycles. The van der Waals surface area contributed by atoms with Crippen LogP contribution < -0.4 is 4.90 Å². The number of ether oxygens (including phenoxy) is 1. The van der Waals surface area contributed by atoms with Crippen LogP contribution in [0.4, 0.5) is 5.69 Å². The molecule has 7 atom stereocenters. The summed E-state index contributed by atoms with van der Waals surface area (Å²) in [5.41, 5.74) is 2.83. The lowest BCUT2D eigenvalue weighted by Crippen LogP contribution is -2.58. The Morgan fingerprint density at radius 1 is 1.13 bits per heavy atom. The van der Waals surface area contributed by atoms with Crippen molar-refractivity contribution < 1.29 is 24.2 Å². The molecule has 1 N–H and O–H groups in total. The summed E-state index contributed by atoms with van der Waals surface area (Å²) in [6.45, 7) is 10.4. The minimum absolute atomic E-state index is 0.0328. The zero-order valence-electron chi connectivity index (χ0n) is 22.8.